The van der Waals surface area contributed by atoms with Crippen LogP contribution in [0.5, 0.6) is 0 Å². The molecule has 11 heteroatoms. The fourth-order valence-electron chi connectivity index (χ4n) is 2.60. The van der Waals surface area contributed by atoms with Crippen molar-refractivity contribution in [2.24, 2.45) is 0 Å². The number of Topliss-reactive ketones (excluding diaryl/α,β-unsaturated/α-hetero) is 1. The minimum atomic E-state index is -1.18. The van der Waals surface area contributed by atoms with Crippen LogP contribution in [-0.2, 0) is 30.5 Å². The first kappa shape index (κ1) is 25.4. The molecule has 0 unspecified atom stereocenters. The molecule has 0 bridgehead atoms. The molecule has 0 aliphatic heterocycles. The summed E-state index contributed by atoms with van der Waals surface area (Å²) in [6.45, 7) is 1.20. The lowest BCUT2D eigenvalue weighted by atomic mass is 10.1. The van der Waals surface area contributed by atoms with Gasteiger partial charge in [0.2, 0.25) is 17.7 Å². The number of hydrogen-bond donors (Lipinski definition) is 5. The van der Waals surface area contributed by atoms with E-state index in [-0.39, 0.29) is 32.2 Å². The highest BCUT2D eigenvalue weighted by Gasteiger charge is 2.27. The van der Waals surface area contributed by atoms with Crippen molar-refractivity contribution >= 4 is 35.7 Å². The Morgan fingerprint density at radius 3 is 2.13 bits per heavy atom. The second-order valence-electron chi connectivity index (χ2n) is 6.74. The summed E-state index contributed by atoms with van der Waals surface area (Å²) in [5.41, 5.74) is 0.605. The van der Waals surface area contributed by atoms with Crippen molar-refractivity contribution in [3.63, 3.8) is 0 Å². The molecule has 0 aliphatic carbocycles. The number of amides is 3. The van der Waals surface area contributed by atoms with Crippen LogP contribution >= 0.6 is 0 Å². The van der Waals surface area contributed by atoms with Gasteiger partial charge < -0.3 is 26.5 Å². The molecule has 31 heavy (non-hydrogen) atoms. The molecule has 5 N–H and O–H groups in total. The molecule has 0 fully saturated rings. The van der Waals surface area contributed by atoms with E-state index in [2.05, 4.69) is 16.0 Å². The first-order chi connectivity index (χ1) is 14.6. The Kier molecular flexibility index (Phi) is 10.5. The standard InChI is InChI=1S/C20H25FN4O6/c1-12(26)24-17(8-9-18(28)29)20(31)25-16(7-6-15(27)10-22)19(30)23-11-13-2-4-14(21)5-3-13/h2-5,10,16-17,22H,6-9,11H2,1H3,(H,23,30)(H,24,26)(H,25,31)(H,28,29)/t16-,17-/m0/s1. The highest BCUT2D eigenvalue weighted by Crippen LogP contribution is 2.05. The van der Waals surface area contributed by atoms with E-state index in [0.717, 1.165) is 6.92 Å². The van der Waals surface area contributed by atoms with E-state index < -0.39 is 47.4 Å². The molecule has 1 rings (SSSR count). The summed E-state index contributed by atoms with van der Waals surface area (Å²) in [5.74, 6) is -4.10. The zero-order valence-corrected chi connectivity index (χ0v) is 16.9. The maximum Gasteiger partial charge on any atom is 0.303 e. The molecule has 0 aromatic heterocycles. The van der Waals surface area contributed by atoms with E-state index in [4.69, 9.17) is 10.5 Å². The van der Waals surface area contributed by atoms with Crippen molar-refractivity contribution < 1.29 is 33.5 Å². The Bertz CT molecular complexity index is 827. The normalized spacial score (nSPS) is 12.2. The first-order valence-electron chi connectivity index (χ1n) is 9.47. The Balaban J connectivity index is 2.86. The summed E-state index contributed by atoms with van der Waals surface area (Å²) in [6.07, 6.45) is -0.266. The molecular weight excluding hydrogens is 411 g/mol. The van der Waals surface area contributed by atoms with Gasteiger partial charge in [-0.05, 0) is 30.5 Å². The van der Waals surface area contributed by atoms with Crippen molar-refractivity contribution in [2.45, 2.75) is 51.2 Å². The second-order valence-corrected chi connectivity index (χ2v) is 6.74. The average Bonchev–Trinajstić information content (AvgIpc) is 2.72. The van der Waals surface area contributed by atoms with Gasteiger partial charge in [-0.25, -0.2) is 4.39 Å². The van der Waals surface area contributed by atoms with E-state index in [0.29, 0.717) is 11.8 Å². The number of carboxylic acids is 1. The van der Waals surface area contributed by atoms with E-state index in [9.17, 15) is 28.4 Å². The molecule has 0 heterocycles. The van der Waals surface area contributed by atoms with Crippen molar-refractivity contribution in [3.05, 3.63) is 35.6 Å². The monoisotopic (exact) mass is 436 g/mol. The van der Waals surface area contributed by atoms with Gasteiger partial charge in [-0.3, -0.25) is 24.0 Å². The lowest BCUT2D eigenvalue weighted by Crippen LogP contribution is -2.53. The number of aliphatic carboxylic acids is 1. The summed E-state index contributed by atoms with van der Waals surface area (Å²) < 4.78 is 13.0. The van der Waals surface area contributed by atoms with Crippen molar-refractivity contribution in [2.75, 3.05) is 0 Å². The smallest absolute Gasteiger partial charge is 0.303 e. The Hall–Kier alpha value is -3.63. The minimum absolute atomic E-state index is 0.0398. The third-order valence-corrected chi connectivity index (χ3v) is 4.19. The van der Waals surface area contributed by atoms with E-state index in [1.807, 2.05) is 0 Å². The van der Waals surface area contributed by atoms with Crippen LogP contribution in [0.25, 0.3) is 0 Å². The van der Waals surface area contributed by atoms with Crippen molar-refractivity contribution in [3.8, 4) is 0 Å². The molecule has 168 valence electrons. The van der Waals surface area contributed by atoms with Crippen LogP contribution in [0.4, 0.5) is 4.39 Å². The van der Waals surface area contributed by atoms with Crippen molar-refractivity contribution in [1.29, 1.82) is 5.41 Å². The summed E-state index contributed by atoms with van der Waals surface area (Å²) >= 11 is 0. The van der Waals surface area contributed by atoms with E-state index >= 15 is 0 Å². The average molecular weight is 436 g/mol. The molecule has 0 spiro atoms. The summed E-state index contributed by atoms with van der Waals surface area (Å²) in [6, 6.07) is 3.05. The van der Waals surface area contributed by atoms with Gasteiger partial charge in [0, 0.05) is 26.3 Å². The molecule has 1 aromatic carbocycles. The van der Waals surface area contributed by atoms with Crippen LogP contribution in [0.2, 0.25) is 0 Å². The SMILES string of the molecule is CC(=O)N[C@@H](CCC(=O)O)C(=O)N[C@@H](CCC(=O)C=N)C(=O)NCc1ccc(F)cc1. The van der Waals surface area contributed by atoms with Crippen LogP contribution in [0.3, 0.4) is 0 Å². The lowest BCUT2D eigenvalue weighted by Gasteiger charge is -2.22. The highest BCUT2D eigenvalue weighted by molar-refractivity contribution is 6.26. The number of carbonyl (C=O) groups excluding carboxylic acids is 4. The molecule has 1 aromatic rings. The van der Waals surface area contributed by atoms with Gasteiger partial charge in [-0.1, -0.05) is 12.1 Å². The van der Waals surface area contributed by atoms with Gasteiger partial charge >= 0.3 is 5.97 Å². The van der Waals surface area contributed by atoms with Gasteiger partial charge in [-0.2, -0.15) is 0 Å². The summed E-state index contributed by atoms with van der Waals surface area (Å²) in [7, 11) is 0. The van der Waals surface area contributed by atoms with Crippen LogP contribution in [0.1, 0.15) is 38.2 Å². The van der Waals surface area contributed by atoms with Crippen molar-refractivity contribution in [1.82, 2.24) is 16.0 Å². The molecule has 10 nitrogen and oxygen atoms in total. The Labute approximate surface area is 178 Å². The third-order valence-electron chi connectivity index (χ3n) is 4.19. The van der Waals surface area contributed by atoms with Gasteiger partial charge in [0.1, 0.15) is 17.9 Å². The second kappa shape index (κ2) is 12.8. The quantitative estimate of drug-likeness (QED) is 0.279. The largest absolute Gasteiger partial charge is 0.481 e. The van der Waals surface area contributed by atoms with Gasteiger partial charge in [0.25, 0.3) is 0 Å². The molecule has 0 saturated heterocycles. The predicted molar refractivity (Wildman–Crippen MR) is 108 cm³/mol. The van der Waals surface area contributed by atoms with Crippen LogP contribution in [-0.4, -0.2) is 52.9 Å². The molecular formula is C20H25FN4O6. The van der Waals surface area contributed by atoms with Crippen LogP contribution < -0.4 is 16.0 Å². The fourth-order valence-corrected chi connectivity index (χ4v) is 2.60. The maximum absolute atomic E-state index is 13.0. The fraction of sp³-hybridized carbons (Fsp3) is 0.400. The predicted octanol–water partition coefficient (Wildman–Crippen LogP) is 0.295. The molecule has 3 amide bonds. The minimum Gasteiger partial charge on any atom is -0.481 e. The summed E-state index contributed by atoms with van der Waals surface area (Å²) in [4.78, 5) is 58.7. The first-order valence-corrected chi connectivity index (χ1v) is 9.47. The van der Waals surface area contributed by atoms with E-state index in [1.165, 1.54) is 24.3 Å². The van der Waals surface area contributed by atoms with E-state index in [1.54, 1.807) is 0 Å². The molecule has 0 radical (unpaired) electrons. The molecule has 2 atom stereocenters. The topological polar surface area (TPSA) is 166 Å². The lowest BCUT2D eigenvalue weighted by molar-refractivity contribution is -0.138. The maximum atomic E-state index is 13.0. The number of rotatable bonds is 13. The van der Waals surface area contributed by atoms with Crippen LogP contribution in [0, 0.1) is 11.2 Å². The van der Waals surface area contributed by atoms with Gasteiger partial charge in [-0.15, -0.1) is 0 Å². The molecule has 0 saturated carbocycles. The Morgan fingerprint density at radius 2 is 1.58 bits per heavy atom. The summed E-state index contributed by atoms with van der Waals surface area (Å²) in [5, 5.41) is 23.1. The molecule has 0 aliphatic rings. The van der Waals surface area contributed by atoms with Gasteiger partial charge in [0.05, 0.1) is 6.21 Å². The number of ketones is 1. The number of benzene rings is 1. The highest BCUT2D eigenvalue weighted by atomic mass is 19.1. The Morgan fingerprint density at radius 1 is 1.00 bits per heavy atom. The van der Waals surface area contributed by atoms with Crippen LogP contribution in [0.15, 0.2) is 24.3 Å². The number of carboxylic acid groups (broad SMARTS) is 1. The number of halogens is 1. The number of carbonyl (C=O) groups is 5. The van der Waals surface area contributed by atoms with Gasteiger partial charge in [0.15, 0.2) is 5.78 Å². The number of hydrogen-bond acceptors (Lipinski definition) is 6. The zero-order chi connectivity index (χ0) is 23.4. The zero-order valence-electron chi connectivity index (χ0n) is 16.9. The third kappa shape index (κ3) is 10.1. The number of nitrogens with one attached hydrogen (secondary N) is 4.